The number of rotatable bonds is 7. The Kier molecular flexibility index (Phi) is 7.15. The van der Waals surface area contributed by atoms with E-state index < -0.39 is 0 Å². The highest BCUT2D eigenvalue weighted by Crippen LogP contribution is 2.06. The molecular weight excluding hydrogens is 178 g/mol. The quantitative estimate of drug-likeness (QED) is 0.643. The second kappa shape index (κ2) is 7.21. The van der Waals surface area contributed by atoms with Gasteiger partial charge < -0.3 is 15.2 Å². The summed E-state index contributed by atoms with van der Waals surface area (Å²) in [6.45, 7) is 10.3. The third-order valence-corrected chi connectivity index (χ3v) is 1.84. The van der Waals surface area contributed by atoms with Gasteiger partial charge in [-0.3, -0.25) is 0 Å². The molecule has 0 fully saturated rings. The highest BCUT2D eigenvalue weighted by Gasteiger charge is 2.09. The van der Waals surface area contributed by atoms with Gasteiger partial charge in [0.05, 0.1) is 24.9 Å². The lowest BCUT2D eigenvalue weighted by Gasteiger charge is -2.20. The zero-order valence-corrected chi connectivity index (χ0v) is 10.0. The van der Waals surface area contributed by atoms with Gasteiger partial charge in [0.25, 0.3) is 0 Å². The van der Waals surface area contributed by atoms with Gasteiger partial charge in [0.2, 0.25) is 0 Å². The SMILES string of the molecule is CC(CCCN)OCCOC(C)(C)C. The van der Waals surface area contributed by atoms with Crippen LogP contribution in [0.25, 0.3) is 0 Å². The van der Waals surface area contributed by atoms with Crippen LogP contribution < -0.4 is 5.73 Å². The van der Waals surface area contributed by atoms with Crippen molar-refractivity contribution in [2.75, 3.05) is 19.8 Å². The van der Waals surface area contributed by atoms with E-state index in [1.165, 1.54) is 0 Å². The Morgan fingerprint density at radius 3 is 2.36 bits per heavy atom. The predicted octanol–water partition coefficient (Wildman–Crippen LogP) is 1.95. The van der Waals surface area contributed by atoms with Crippen molar-refractivity contribution in [3.05, 3.63) is 0 Å². The minimum absolute atomic E-state index is 0.0656. The van der Waals surface area contributed by atoms with Gasteiger partial charge >= 0.3 is 0 Å². The maximum atomic E-state index is 5.56. The van der Waals surface area contributed by atoms with Crippen LogP contribution in [-0.2, 0) is 9.47 Å². The molecule has 3 nitrogen and oxygen atoms in total. The summed E-state index contributed by atoms with van der Waals surface area (Å²) in [5.41, 5.74) is 5.34. The molecule has 0 amide bonds. The average molecular weight is 203 g/mol. The minimum Gasteiger partial charge on any atom is -0.376 e. The van der Waals surface area contributed by atoms with Crippen LogP contribution in [-0.4, -0.2) is 31.5 Å². The Hall–Kier alpha value is -0.120. The van der Waals surface area contributed by atoms with Gasteiger partial charge in [0, 0.05) is 0 Å². The molecular formula is C11H25NO2. The number of hydrogen-bond donors (Lipinski definition) is 1. The molecule has 0 radical (unpaired) electrons. The standard InChI is InChI=1S/C11H25NO2/c1-10(6-5-7-12)13-8-9-14-11(2,3)4/h10H,5-9,12H2,1-4H3. The molecule has 0 bridgehead atoms. The first-order chi connectivity index (χ1) is 6.45. The fraction of sp³-hybridized carbons (Fsp3) is 1.00. The van der Waals surface area contributed by atoms with Crippen LogP contribution in [0, 0.1) is 0 Å². The maximum Gasteiger partial charge on any atom is 0.0707 e. The van der Waals surface area contributed by atoms with Crippen LogP contribution in [0.3, 0.4) is 0 Å². The zero-order chi connectivity index (χ0) is 11.0. The lowest BCUT2D eigenvalue weighted by molar-refractivity contribution is -0.0496. The maximum absolute atomic E-state index is 5.56. The fourth-order valence-electron chi connectivity index (χ4n) is 1.09. The molecule has 86 valence electrons. The van der Waals surface area contributed by atoms with Crippen molar-refractivity contribution in [2.24, 2.45) is 5.73 Å². The van der Waals surface area contributed by atoms with Gasteiger partial charge in [0.15, 0.2) is 0 Å². The van der Waals surface area contributed by atoms with E-state index >= 15 is 0 Å². The molecule has 0 aromatic carbocycles. The van der Waals surface area contributed by atoms with Gasteiger partial charge in [0.1, 0.15) is 0 Å². The highest BCUT2D eigenvalue weighted by molar-refractivity contribution is 4.58. The van der Waals surface area contributed by atoms with E-state index in [2.05, 4.69) is 6.92 Å². The largest absolute Gasteiger partial charge is 0.376 e. The Morgan fingerprint density at radius 2 is 1.86 bits per heavy atom. The normalized spacial score (nSPS) is 14.4. The number of hydrogen-bond acceptors (Lipinski definition) is 3. The van der Waals surface area contributed by atoms with E-state index in [0.29, 0.717) is 19.3 Å². The van der Waals surface area contributed by atoms with Crippen LogP contribution in [0.5, 0.6) is 0 Å². The van der Waals surface area contributed by atoms with Gasteiger partial charge in [-0.05, 0) is 47.1 Å². The van der Waals surface area contributed by atoms with Crippen molar-refractivity contribution >= 4 is 0 Å². The van der Waals surface area contributed by atoms with Crippen molar-refractivity contribution in [2.45, 2.75) is 52.2 Å². The smallest absolute Gasteiger partial charge is 0.0707 e. The van der Waals surface area contributed by atoms with Gasteiger partial charge in [-0.15, -0.1) is 0 Å². The van der Waals surface area contributed by atoms with Crippen LogP contribution >= 0.6 is 0 Å². The number of nitrogens with two attached hydrogens (primary N) is 1. The van der Waals surface area contributed by atoms with Crippen LogP contribution in [0.15, 0.2) is 0 Å². The van der Waals surface area contributed by atoms with Crippen molar-refractivity contribution in [1.29, 1.82) is 0 Å². The molecule has 0 aliphatic rings. The van der Waals surface area contributed by atoms with Crippen LogP contribution in [0.1, 0.15) is 40.5 Å². The molecule has 0 spiro atoms. The van der Waals surface area contributed by atoms with Crippen molar-refractivity contribution in [3.63, 3.8) is 0 Å². The fourth-order valence-corrected chi connectivity index (χ4v) is 1.09. The second-order valence-corrected chi connectivity index (χ2v) is 4.57. The summed E-state index contributed by atoms with van der Waals surface area (Å²) in [6.07, 6.45) is 2.36. The molecule has 0 aliphatic heterocycles. The van der Waals surface area contributed by atoms with Gasteiger partial charge in [-0.1, -0.05) is 0 Å². The summed E-state index contributed by atoms with van der Waals surface area (Å²) in [5, 5.41) is 0. The zero-order valence-electron chi connectivity index (χ0n) is 10.0. The molecule has 0 rings (SSSR count). The van der Waals surface area contributed by atoms with Gasteiger partial charge in [-0.2, -0.15) is 0 Å². The molecule has 0 heterocycles. The molecule has 0 saturated heterocycles. The first-order valence-electron chi connectivity index (χ1n) is 5.41. The van der Waals surface area contributed by atoms with Crippen molar-refractivity contribution in [3.8, 4) is 0 Å². The predicted molar refractivity (Wildman–Crippen MR) is 59.4 cm³/mol. The molecule has 1 atom stereocenters. The third kappa shape index (κ3) is 9.96. The Labute approximate surface area is 88.0 Å². The summed E-state index contributed by atoms with van der Waals surface area (Å²) in [4.78, 5) is 0. The highest BCUT2D eigenvalue weighted by atomic mass is 16.5. The minimum atomic E-state index is -0.0656. The van der Waals surface area contributed by atoms with E-state index in [-0.39, 0.29) is 5.60 Å². The van der Waals surface area contributed by atoms with E-state index in [1.54, 1.807) is 0 Å². The van der Waals surface area contributed by atoms with Crippen LogP contribution in [0.2, 0.25) is 0 Å². The molecule has 0 aromatic heterocycles. The molecule has 1 unspecified atom stereocenters. The molecule has 0 saturated carbocycles. The molecule has 14 heavy (non-hydrogen) atoms. The first-order valence-corrected chi connectivity index (χ1v) is 5.41. The Morgan fingerprint density at radius 1 is 1.21 bits per heavy atom. The second-order valence-electron chi connectivity index (χ2n) is 4.57. The van der Waals surface area contributed by atoms with Crippen molar-refractivity contribution in [1.82, 2.24) is 0 Å². The molecule has 3 heteroatoms. The lowest BCUT2D eigenvalue weighted by Crippen LogP contribution is -2.23. The van der Waals surface area contributed by atoms with E-state index in [9.17, 15) is 0 Å². The molecule has 2 N–H and O–H groups in total. The van der Waals surface area contributed by atoms with Crippen molar-refractivity contribution < 1.29 is 9.47 Å². The summed E-state index contributed by atoms with van der Waals surface area (Å²) < 4.78 is 11.1. The van der Waals surface area contributed by atoms with Gasteiger partial charge in [-0.25, -0.2) is 0 Å². The van der Waals surface area contributed by atoms with E-state index in [0.717, 1.165) is 19.4 Å². The first kappa shape index (κ1) is 13.9. The Balaban J connectivity index is 3.27. The summed E-state index contributed by atoms with van der Waals surface area (Å²) in [7, 11) is 0. The topological polar surface area (TPSA) is 44.5 Å². The molecule has 0 aliphatic carbocycles. The number of ether oxygens (including phenoxy) is 2. The summed E-state index contributed by atoms with van der Waals surface area (Å²) in [6, 6.07) is 0. The van der Waals surface area contributed by atoms with E-state index in [4.69, 9.17) is 15.2 Å². The average Bonchev–Trinajstić information content (AvgIpc) is 2.07. The third-order valence-electron chi connectivity index (χ3n) is 1.84. The van der Waals surface area contributed by atoms with E-state index in [1.807, 2.05) is 20.8 Å². The van der Waals surface area contributed by atoms with Crippen LogP contribution in [0.4, 0.5) is 0 Å². The summed E-state index contributed by atoms with van der Waals surface area (Å²) >= 11 is 0. The summed E-state index contributed by atoms with van der Waals surface area (Å²) in [5.74, 6) is 0. The molecule has 0 aromatic rings. The monoisotopic (exact) mass is 203 g/mol. The lowest BCUT2D eigenvalue weighted by atomic mass is 10.2. The Bertz CT molecular complexity index is 132.